The van der Waals surface area contributed by atoms with Crippen molar-refractivity contribution in [3.05, 3.63) is 42.5 Å². The van der Waals surface area contributed by atoms with Gasteiger partial charge in [0.15, 0.2) is 11.5 Å². The normalized spacial score (nSPS) is 11.3. The van der Waals surface area contributed by atoms with Gasteiger partial charge in [0.1, 0.15) is 8.07 Å². The first-order valence-electron chi connectivity index (χ1n) is 6.19. The van der Waals surface area contributed by atoms with Crippen LogP contribution in [0.5, 0.6) is 11.5 Å². The van der Waals surface area contributed by atoms with Crippen LogP contribution in [-0.2, 0) is 0 Å². The van der Waals surface area contributed by atoms with Crippen molar-refractivity contribution in [1.29, 1.82) is 0 Å². The molecule has 0 spiro atoms. The van der Waals surface area contributed by atoms with E-state index in [9.17, 15) is 5.11 Å². The maximum Gasteiger partial charge on any atom is 0.160 e. The molecule has 0 saturated heterocycles. The fraction of sp³-hybridized carbons (Fsp3) is 0.200. The highest BCUT2D eigenvalue weighted by Crippen LogP contribution is 2.25. The summed E-state index contributed by atoms with van der Waals surface area (Å²) < 4.78 is 5.37. The van der Waals surface area contributed by atoms with Crippen LogP contribution < -0.4 is 20.8 Å². The van der Waals surface area contributed by atoms with E-state index in [1.807, 2.05) is 24.3 Å². The molecule has 0 radical (unpaired) electrons. The quantitative estimate of drug-likeness (QED) is 0.662. The third-order valence-corrected chi connectivity index (χ3v) is 7.02. The Morgan fingerprint density at radius 3 is 2.26 bits per heavy atom. The second kappa shape index (κ2) is 4.97. The highest BCUT2D eigenvalue weighted by molar-refractivity contribution is 7.01. The van der Waals surface area contributed by atoms with E-state index in [0.717, 1.165) is 10.9 Å². The molecule has 2 rings (SSSR count). The van der Waals surface area contributed by atoms with Crippen molar-refractivity contribution < 1.29 is 9.84 Å². The number of aromatic hydroxyl groups is 1. The number of phenolic OH excluding ortho intramolecular Hbond substituents is 1. The first-order valence-corrected chi connectivity index (χ1v) is 9.19. The van der Waals surface area contributed by atoms with E-state index >= 15 is 0 Å². The number of para-hydroxylation sites is 1. The third-order valence-electron chi connectivity index (χ3n) is 3.50. The molecule has 19 heavy (non-hydrogen) atoms. The topological polar surface area (TPSA) is 55.5 Å². The average Bonchev–Trinajstić information content (AvgIpc) is 2.39. The average molecular weight is 273 g/mol. The Balaban J connectivity index is 2.56. The molecular weight excluding hydrogens is 254 g/mol. The molecule has 2 aromatic rings. The van der Waals surface area contributed by atoms with Crippen LogP contribution in [0.2, 0.25) is 13.1 Å². The second-order valence-electron chi connectivity index (χ2n) is 5.10. The van der Waals surface area contributed by atoms with Gasteiger partial charge in [0, 0.05) is 5.69 Å². The van der Waals surface area contributed by atoms with Crippen LogP contribution in [0, 0.1) is 0 Å². The number of ether oxygens (including phenoxy) is 1. The summed E-state index contributed by atoms with van der Waals surface area (Å²) in [7, 11) is -0.327. The maximum absolute atomic E-state index is 9.92. The molecule has 0 heterocycles. The van der Waals surface area contributed by atoms with Gasteiger partial charge in [-0.1, -0.05) is 42.5 Å². The van der Waals surface area contributed by atoms with Gasteiger partial charge >= 0.3 is 0 Å². The lowest BCUT2D eigenvalue weighted by atomic mass is 10.3. The zero-order chi connectivity index (χ0) is 14.0. The van der Waals surface area contributed by atoms with E-state index in [-0.39, 0.29) is 5.75 Å². The molecule has 0 fully saturated rings. The summed E-state index contributed by atoms with van der Waals surface area (Å²) in [6.07, 6.45) is 0. The Morgan fingerprint density at radius 1 is 1.05 bits per heavy atom. The molecule has 0 aliphatic rings. The standard InChI is InChI=1S/C15H19NO2Si/c1-18-15-13(17)5-4-6-14(15)19(2,3)12-9-7-11(16)8-10-12/h4-10,17H,16H2,1-3H3. The smallest absolute Gasteiger partial charge is 0.160 e. The van der Waals surface area contributed by atoms with Gasteiger partial charge in [-0.05, 0) is 23.4 Å². The van der Waals surface area contributed by atoms with E-state index < -0.39 is 8.07 Å². The van der Waals surface area contributed by atoms with Crippen molar-refractivity contribution in [2.45, 2.75) is 13.1 Å². The summed E-state index contributed by atoms with van der Waals surface area (Å²) >= 11 is 0. The molecular formula is C15H19NO2Si. The number of rotatable bonds is 3. The van der Waals surface area contributed by atoms with Gasteiger partial charge in [-0.15, -0.1) is 0 Å². The summed E-state index contributed by atoms with van der Waals surface area (Å²) in [4.78, 5) is 0. The fourth-order valence-electron chi connectivity index (χ4n) is 2.29. The molecule has 0 unspecified atom stereocenters. The van der Waals surface area contributed by atoms with Crippen molar-refractivity contribution >= 4 is 24.1 Å². The SMILES string of the molecule is COc1c(O)cccc1[Si](C)(C)c1ccc(N)cc1. The van der Waals surface area contributed by atoms with Gasteiger partial charge < -0.3 is 15.6 Å². The molecule has 100 valence electrons. The zero-order valence-electron chi connectivity index (χ0n) is 11.5. The largest absolute Gasteiger partial charge is 0.504 e. The van der Waals surface area contributed by atoms with Crippen LogP contribution >= 0.6 is 0 Å². The lowest BCUT2D eigenvalue weighted by Crippen LogP contribution is -2.53. The molecule has 3 nitrogen and oxygen atoms in total. The minimum Gasteiger partial charge on any atom is -0.504 e. The monoisotopic (exact) mass is 273 g/mol. The Kier molecular flexibility index (Phi) is 3.53. The number of methoxy groups -OCH3 is 1. The summed E-state index contributed by atoms with van der Waals surface area (Å²) in [5.41, 5.74) is 6.50. The first kappa shape index (κ1) is 13.5. The fourth-order valence-corrected chi connectivity index (χ4v) is 4.91. The van der Waals surface area contributed by atoms with Crippen LogP contribution in [0.3, 0.4) is 0 Å². The number of benzene rings is 2. The molecule has 4 heteroatoms. The predicted octanol–water partition coefficient (Wildman–Crippen LogP) is 1.81. The summed E-state index contributed by atoms with van der Waals surface area (Å²) in [6, 6.07) is 13.5. The molecule has 3 N–H and O–H groups in total. The van der Waals surface area contributed by atoms with Gasteiger partial charge in [0.2, 0.25) is 0 Å². The first-order chi connectivity index (χ1) is 8.96. The van der Waals surface area contributed by atoms with Crippen molar-refractivity contribution in [3.63, 3.8) is 0 Å². The molecule has 0 amide bonds. The maximum atomic E-state index is 9.92. The molecule has 2 aromatic carbocycles. The molecule has 0 aromatic heterocycles. The second-order valence-corrected chi connectivity index (χ2v) is 9.47. The van der Waals surface area contributed by atoms with Crippen LogP contribution in [0.4, 0.5) is 5.69 Å². The van der Waals surface area contributed by atoms with Crippen molar-refractivity contribution in [3.8, 4) is 11.5 Å². The van der Waals surface area contributed by atoms with Crippen molar-refractivity contribution in [2.75, 3.05) is 12.8 Å². The van der Waals surface area contributed by atoms with Gasteiger partial charge in [-0.25, -0.2) is 0 Å². The van der Waals surface area contributed by atoms with E-state index in [1.54, 1.807) is 13.2 Å². The molecule has 0 atom stereocenters. The predicted molar refractivity (Wildman–Crippen MR) is 82.3 cm³/mol. The van der Waals surface area contributed by atoms with E-state index in [4.69, 9.17) is 10.5 Å². The Hall–Kier alpha value is -1.94. The number of anilines is 1. The lowest BCUT2D eigenvalue weighted by Gasteiger charge is -2.26. The number of nitrogens with two attached hydrogens (primary N) is 1. The van der Waals surface area contributed by atoms with Gasteiger partial charge in [-0.2, -0.15) is 0 Å². The molecule has 0 saturated carbocycles. The van der Waals surface area contributed by atoms with Crippen molar-refractivity contribution in [1.82, 2.24) is 0 Å². The summed E-state index contributed by atoms with van der Waals surface area (Å²) in [6.45, 7) is 4.46. The van der Waals surface area contributed by atoms with Gasteiger partial charge in [0.05, 0.1) is 7.11 Å². The third kappa shape index (κ3) is 2.44. The van der Waals surface area contributed by atoms with E-state index in [2.05, 4.69) is 25.2 Å². The van der Waals surface area contributed by atoms with E-state index in [0.29, 0.717) is 5.75 Å². The number of phenols is 1. The molecule has 0 aliphatic heterocycles. The van der Waals surface area contributed by atoms with Crippen LogP contribution in [-0.4, -0.2) is 20.3 Å². The Bertz CT molecular complexity index is 579. The van der Waals surface area contributed by atoms with Crippen molar-refractivity contribution in [2.24, 2.45) is 0 Å². The molecule has 0 aliphatic carbocycles. The van der Waals surface area contributed by atoms with Crippen LogP contribution in [0.1, 0.15) is 0 Å². The molecule has 0 bridgehead atoms. The number of hydrogen-bond acceptors (Lipinski definition) is 3. The number of hydrogen-bond donors (Lipinski definition) is 2. The zero-order valence-corrected chi connectivity index (χ0v) is 12.5. The highest BCUT2D eigenvalue weighted by atomic mass is 28.3. The summed E-state index contributed by atoms with van der Waals surface area (Å²) in [5, 5.41) is 12.3. The van der Waals surface area contributed by atoms with E-state index in [1.165, 1.54) is 5.19 Å². The summed E-state index contributed by atoms with van der Waals surface area (Å²) in [5.74, 6) is 0.770. The lowest BCUT2D eigenvalue weighted by molar-refractivity contribution is 0.376. The Morgan fingerprint density at radius 2 is 1.68 bits per heavy atom. The van der Waals surface area contributed by atoms with Crippen LogP contribution in [0.25, 0.3) is 0 Å². The number of nitrogen functional groups attached to an aromatic ring is 1. The van der Waals surface area contributed by atoms with Gasteiger partial charge in [0.25, 0.3) is 0 Å². The Labute approximate surface area is 114 Å². The highest BCUT2D eigenvalue weighted by Gasteiger charge is 2.30. The minimum atomic E-state index is -1.92. The minimum absolute atomic E-state index is 0.191. The van der Waals surface area contributed by atoms with Crippen LogP contribution in [0.15, 0.2) is 42.5 Å². The van der Waals surface area contributed by atoms with Gasteiger partial charge in [-0.3, -0.25) is 0 Å².